The van der Waals surface area contributed by atoms with Crippen molar-refractivity contribution in [3.63, 3.8) is 0 Å². The van der Waals surface area contributed by atoms with Gasteiger partial charge in [-0.15, -0.1) is 0 Å². The van der Waals surface area contributed by atoms with Crippen molar-refractivity contribution < 1.29 is 14.6 Å². The topological polar surface area (TPSA) is 38.7 Å². The molecule has 1 N–H and O–H groups in total. The molecule has 5 heteroatoms. The van der Waals surface area contributed by atoms with Crippen LogP contribution in [0.25, 0.3) is 0 Å². The Morgan fingerprint density at radius 2 is 1.46 bits per heavy atom. The summed E-state index contributed by atoms with van der Waals surface area (Å²) in [6.07, 6.45) is 0.604. The van der Waals surface area contributed by atoms with Crippen LogP contribution in [0.4, 0.5) is 0 Å². The molecule has 0 radical (unpaired) electrons. The van der Waals surface area contributed by atoms with E-state index >= 15 is 0 Å². The Hall–Kier alpha value is -2.20. The van der Waals surface area contributed by atoms with Crippen molar-refractivity contribution in [3.05, 3.63) is 87.9 Å². The average molecular weight is 417 g/mol. The Kier molecular flexibility index (Phi) is 6.50. The highest BCUT2D eigenvalue weighted by Gasteiger charge is 2.21. The summed E-state index contributed by atoms with van der Waals surface area (Å²) in [6, 6.07) is 20.9. The molecule has 0 aliphatic carbocycles. The van der Waals surface area contributed by atoms with Gasteiger partial charge >= 0.3 is 0 Å². The number of hydrogen-bond donors (Lipinski definition) is 1. The molecule has 3 aromatic rings. The minimum atomic E-state index is -0.445. The summed E-state index contributed by atoms with van der Waals surface area (Å²) < 4.78 is 12.0. The maximum absolute atomic E-state index is 9.71. The van der Waals surface area contributed by atoms with Gasteiger partial charge in [0.1, 0.15) is 11.5 Å². The van der Waals surface area contributed by atoms with Crippen LogP contribution < -0.4 is 4.74 Å². The monoisotopic (exact) mass is 416 g/mol. The fourth-order valence-corrected chi connectivity index (χ4v) is 3.40. The number of para-hydroxylation sites is 1. The molecule has 0 aliphatic heterocycles. The highest BCUT2D eigenvalue weighted by Crippen LogP contribution is 2.34. The first-order chi connectivity index (χ1) is 13.3. The molecule has 0 heterocycles. The summed E-state index contributed by atoms with van der Waals surface area (Å²) in [5.41, 5.74) is 1.47. The number of rotatable bonds is 7. The lowest BCUT2D eigenvalue weighted by Gasteiger charge is -2.26. The van der Waals surface area contributed by atoms with E-state index in [-0.39, 0.29) is 15.8 Å². The standard InChI is InChI=1S/C23H22Cl2O3/c1-23(2,14-17-12-20(24)22(26)21(25)13-17)27-15-16-7-6-10-19(11-16)28-18-8-4-3-5-9-18/h3-13,26H,14-15H2,1-2H3. The molecule has 0 unspecified atom stereocenters. The third-order valence-corrected chi connectivity index (χ3v) is 4.79. The Morgan fingerprint density at radius 1 is 0.821 bits per heavy atom. The second kappa shape index (κ2) is 8.87. The summed E-state index contributed by atoms with van der Waals surface area (Å²) in [5.74, 6) is 1.46. The number of hydrogen-bond acceptors (Lipinski definition) is 3. The van der Waals surface area contributed by atoms with Gasteiger partial charge in [0.25, 0.3) is 0 Å². The van der Waals surface area contributed by atoms with Crippen LogP contribution in [0.3, 0.4) is 0 Å². The van der Waals surface area contributed by atoms with Gasteiger partial charge in [-0.25, -0.2) is 0 Å². The van der Waals surface area contributed by atoms with Crippen LogP contribution in [-0.2, 0) is 17.8 Å². The molecule has 3 aromatic carbocycles. The van der Waals surface area contributed by atoms with Crippen molar-refractivity contribution in [2.24, 2.45) is 0 Å². The van der Waals surface area contributed by atoms with E-state index in [1.165, 1.54) is 0 Å². The van der Waals surface area contributed by atoms with Crippen LogP contribution >= 0.6 is 23.2 Å². The van der Waals surface area contributed by atoms with E-state index in [2.05, 4.69) is 0 Å². The van der Waals surface area contributed by atoms with Gasteiger partial charge in [-0.1, -0.05) is 53.5 Å². The van der Waals surface area contributed by atoms with Crippen molar-refractivity contribution >= 4 is 23.2 Å². The van der Waals surface area contributed by atoms with Crippen molar-refractivity contribution in [3.8, 4) is 17.2 Å². The largest absolute Gasteiger partial charge is 0.505 e. The third-order valence-electron chi connectivity index (χ3n) is 4.21. The molecular formula is C23H22Cl2O3. The minimum Gasteiger partial charge on any atom is -0.505 e. The van der Waals surface area contributed by atoms with Crippen LogP contribution in [0.1, 0.15) is 25.0 Å². The first kappa shape index (κ1) is 20.5. The molecule has 0 aromatic heterocycles. The minimum absolute atomic E-state index is 0.0963. The van der Waals surface area contributed by atoms with Crippen molar-refractivity contribution in [2.75, 3.05) is 0 Å². The van der Waals surface area contributed by atoms with Crippen LogP contribution in [0.5, 0.6) is 17.2 Å². The van der Waals surface area contributed by atoms with Crippen molar-refractivity contribution in [1.82, 2.24) is 0 Å². The summed E-state index contributed by atoms with van der Waals surface area (Å²) >= 11 is 12.0. The number of phenols is 1. The highest BCUT2D eigenvalue weighted by molar-refractivity contribution is 6.37. The highest BCUT2D eigenvalue weighted by atomic mass is 35.5. The van der Waals surface area contributed by atoms with Crippen molar-refractivity contribution in [2.45, 2.75) is 32.5 Å². The normalized spacial score (nSPS) is 11.4. The summed E-state index contributed by atoms with van der Waals surface area (Å²) in [5, 5.41) is 10.2. The van der Waals surface area contributed by atoms with E-state index in [1.54, 1.807) is 12.1 Å². The Labute approximate surface area is 175 Å². The Balaban J connectivity index is 1.63. The number of phenolic OH excluding ortho intramolecular Hbond substituents is 1. The van der Waals surface area contributed by atoms with Crippen LogP contribution in [0.2, 0.25) is 10.0 Å². The van der Waals surface area contributed by atoms with E-state index in [9.17, 15) is 5.11 Å². The lowest BCUT2D eigenvalue weighted by Crippen LogP contribution is -2.27. The molecule has 0 amide bonds. The van der Waals surface area contributed by atoms with Crippen molar-refractivity contribution in [1.29, 1.82) is 0 Å². The molecule has 146 valence electrons. The first-order valence-corrected chi connectivity index (χ1v) is 9.71. The first-order valence-electron chi connectivity index (χ1n) is 8.95. The SMILES string of the molecule is CC(C)(Cc1cc(Cl)c(O)c(Cl)c1)OCc1cccc(Oc2ccccc2)c1. The molecule has 0 aliphatic rings. The molecule has 0 saturated carbocycles. The lowest BCUT2D eigenvalue weighted by atomic mass is 9.98. The lowest BCUT2D eigenvalue weighted by molar-refractivity contribution is -0.0287. The van der Waals surface area contributed by atoms with Gasteiger partial charge in [0, 0.05) is 6.42 Å². The molecule has 28 heavy (non-hydrogen) atoms. The number of halogens is 2. The summed E-state index contributed by atoms with van der Waals surface area (Å²) in [4.78, 5) is 0. The second-order valence-electron chi connectivity index (χ2n) is 7.20. The zero-order valence-electron chi connectivity index (χ0n) is 15.8. The van der Waals surface area contributed by atoms with E-state index in [0.29, 0.717) is 13.0 Å². The predicted molar refractivity (Wildman–Crippen MR) is 114 cm³/mol. The van der Waals surface area contributed by atoms with Gasteiger partial charge in [-0.2, -0.15) is 0 Å². The zero-order chi connectivity index (χ0) is 20.1. The quantitative estimate of drug-likeness (QED) is 0.449. The molecule has 0 bridgehead atoms. The van der Waals surface area contributed by atoms with Gasteiger partial charge in [0.2, 0.25) is 0 Å². The smallest absolute Gasteiger partial charge is 0.152 e. The van der Waals surface area contributed by atoms with Gasteiger partial charge in [-0.05, 0) is 61.4 Å². The molecule has 0 atom stereocenters. The Morgan fingerprint density at radius 3 is 2.14 bits per heavy atom. The molecule has 0 saturated heterocycles. The van der Waals surface area contributed by atoms with E-state index < -0.39 is 5.60 Å². The van der Waals surface area contributed by atoms with Gasteiger partial charge in [0.05, 0.1) is 22.3 Å². The molecular weight excluding hydrogens is 395 g/mol. The summed E-state index contributed by atoms with van der Waals surface area (Å²) in [6.45, 7) is 4.45. The van der Waals surface area contributed by atoms with Crippen LogP contribution in [-0.4, -0.2) is 10.7 Å². The third kappa shape index (κ3) is 5.65. The molecule has 0 spiro atoms. The average Bonchev–Trinajstić information content (AvgIpc) is 2.65. The van der Waals surface area contributed by atoms with Gasteiger partial charge in [0.15, 0.2) is 5.75 Å². The fraction of sp³-hybridized carbons (Fsp3) is 0.217. The predicted octanol–water partition coefficient (Wildman–Crippen LogP) is 7.03. The second-order valence-corrected chi connectivity index (χ2v) is 8.01. The molecule has 3 nitrogen and oxygen atoms in total. The number of aromatic hydroxyl groups is 1. The van der Waals surface area contributed by atoms with Gasteiger partial charge < -0.3 is 14.6 Å². The van der Waals surface area contributed by atoms with Crippen LogP contribution in [0.15, 0.2) is 66.7 Å². The van der Waals surface area contributed by atoms with E-state index in [4.69, 9.17) is 32.7 Å². The molecule has 0 fully saturated rings. The maximum Gasteiger partial charge on any atom is 0.152 e. The Bertz CT molecular complexity index is 917. The number of benzene rings is 3. The van der Waals surface area contributed by atoms with E-state index in [0.717, 1.165) is 22.6 Å². The summed E-state index contributed by atoms with van der Waals surface area (Å²) in [7, 11) is 0. The van der Waals surface area contributed by atoms with Crippen LogP contribution in [0, 0.1) is 0 Å². The molecule has 3 rings (SSSR count). The zero-order valence-corrected chi connectivity index (χ0v) is 17.3. The maximum atomic E-state index is 9.71. The van der Waals surface area contributed by atoms with Gasteiger partial charge in [-0.3, -0.25) is 0 Å². The number of ether oxygens (including phenoxy) is 2. The fourth-order valence-electron chi connectivity index (χ4n) is 2.86. The van der Waals surface area contributed by atoms with E-state index in [1.807, 2.05) is 68.4 Å².